The number of pyridine rings is 1. The van der Waals surface area contributed by atoms with Crippen molar-refractivity contribution >= 4 is 11.5 Å². The SMILES string of the molecule is CCc1c(C#N)c(N)nc2c1CN(c1cccc(C)c1)CC2. The molecule has 0 saturated heterocycles. The molecule has 0 unspecified atom stereocenters. The second-order valence-electron chi connectivity index (χ2n) is 5.75. The monoisotopic (exact) mass is 292 g/mol. The summed E-state index contributed by atoms with van der Waals surface area (Å²) in [5.74, 6) is 0.377. The van der Waals surface area contributed by atoms with E-state index in [1.807, 2.05) is 0 Å². The minimum absolute atomic E-state index is 0.377. The maximum absolute atomic E-state index is 9.37. The zero-order valence-electron chi connectivity index (χ0n) is 13.1. The molecule has 1 aliphatic heterocycles. The fourth-order valence-electron chi connectivity index (χ4n) is 3.21. The molecule has 4 nitrogen and oxygen atoms in total. The lowest BCUT2D eigenvalue weighted by molar-refractivity contribution is 0.704. The van der Waals surface area contributed by atoms with Crippen LogP contribution in [-0.2, 0) is 19.4 Å². The van der Waals surface area contributed by atoms with Crippen LogP contribution in [0.25, 0.3) is 0 Å². The summed E-state index contributed by atoms with van der Waals surface area (Å²) in [5.41, 5.74) is 12.3. The summed E-state index contributed by atoms with van der Waals surface area (Å²) in [6, 6.07) is 10.8. The van der Waals surface area contributed by atoms with Crippen LogP contribution >= 0.6 is 0 Å². The summed E-state index contributed by atoms with van der Waals surface area (Å²) in [7, 11) is 0. The van der Waals surface area contributed by atoms with Crippen LogP contribution in [0.15, 0.2) is 24.3 Å². The molecule has 0 fully saturated rings. The van der Waals surface area contributed by atoms with Crippen LogP contribution in [0.2, 0.25) is 0 Å². The fourth-order valence-corrected chi connectivity index (χ4v) is 3.21. The number of aromatic nitrogens is 1. The Hall–Kier alpha value is -2.54. The molecule has 0 bridgehead atoms. The van der Waals surface area contributed by atoms with E-state index in [9.17, 15) is 5.26 Å². The molecule has 0 radical (unpaired) electrons. The van der Waals surface area contributed by atoms with Crippen molar-refractivity contribution in [2.75, 3.05) is 17.2 Å². The first-order chi connectivity index (χ1) is 10.6. The van der Waals surface area contributed by atoms with Crippen LogP contribution in [0.3, 0.4) is 0 Å². The number of nitrogens with zero attached hydrogens (tertiary/aromatic N) is 3. The molecular weight excluding hydrogens is 272 g/mol. The van der Waals surface area contributed by atoms with Gasteiger partial charge in [0.05, 0.1) is 5.56 Å². The largest absolute Gasteiger partial charge is 0.383 e. The van der Waals surface area contributed by atoms with Gasteiger partial charge in [-0.05, 0) is 42.2 Å². The van der Waals surface area contributed by atoms with E-state index in [2.05, 4.69) is 54.1 Å². The molecule has 0 amide bonds. The summed E-state index contributed by atoms with van der Waals surface area (Å²) >= 11 is 0. The van der Waals surface area contributed by atoms with Crippen LogP contribution in [0.5, 0.6) is 0 Å². The third-order valence-corrected chi connectivity index (χ3v) is 4.33. The molecular formula is C18H20N4. The van der Waals surface area contributed by atoms with Crippen molar-refractivity contribution in [1.82, 2.24) is 4.98 Å². The van der Waals surface area contributed by atoms with Gasteiger partial charge in [-0.25, -0.2) is 4.98 Å². The minimum atomic E-state index is 0.377. The predicted molar refractivity (Wildman–Crippen MR) is 88.7 cm³/mol. The van der Waals surface area contributed by atoms with E-state index in [0.29, 0.717) is 11.4 Å². The Kier molecular flexibility index (Phi) is 3.72. The average molecular weight is 292 g/mol. The van der Waals surface area contributed by atoms with Gasteiger partial charge in [0.15, 0.2) is 0 Å². The molecule has 2 N–H and O–H groups in total. The normalized spacial score (nSPS) is 13.6. The number of nitrogens with two attached hydrogens (primary N) is 1. The second kappa shape index (κ2) is 5.69. The van der Waals surface area contributed by atoms with E-state index >= 15 is 0 Å². The number of rotatable bonds is 2. The summed E-state index contributed by atoms with van der Waals surface area (Å²) in [4.78, 5) is 6.82. The Bertz CT molecular complexity index is 758. The predicted octanol–water partition coefficient (Wildman–Crippen LogP) is 2.97. The highest BCUT2D eigenvalue weighted by Crippen LogP contribution is 2.30. The first-order valence-electron chi connectivity index (χ1n) is 7.65. The van der Waals surface area contributed by atoms with Gasteiger partial charge in [0, 0.05) is 30.9 Å². The maximum Gasteiger partial charge on any atom is 0.141 e. The molecule has 1 aliphatic rings. The lowest BCUT2D eigenvalue weighted by Crippen LogP contribution is -2.32. The van der Waals surface area contributed by atoms with Gasteiger partial charge in [0.1, 0.15) is 11.9 Å². The van der Waals surface area contributed by atoms with Crippen LogP contribution in [0.4, 0.5) is 11.5 Å². The van der Waals surface area contributed by atoms with Gasteiger partial charge in [-0.15, -0.1) is 0 Å². The van der Waals surface area contributed by atoms with Gasteiger partial charge < -0.3 is 10.6 Å². The van der Waals surface area contributed by atoms with Crippen molar-refractivity contribution in [3.63, 3.8) is 0 Å². The van der Waals surface area contributed by atoms with Gasteiger partial charge >= 0.3 is 0 Å². The Balaban J connectivity index is 2.04. The van der Waals surface area contributed by atoms with E-state index in [1.165, 1.54) is 16.8 Å². The highest BCUT2D eigenvalue weighted by atomic mass is 15.1. The Morgan fingerprint density at radius 3 is 2.91 bits per heavy atom. The van der Waals surface area contributed by atoms with Crippen molar-refractivity contribution in [1.29, 1.82) is 5.26 Å². The highest BCUT2D eigenvalue weighted by molar-refractivity contribution is 5.60. The first-order valence-corrected chi connectivity index (χ1v) is 7.65. The van der Waals surface area contributed by atoms with E-state index < -0.39 is 0 Å². The lowest BCUT2D eigenvalue weighted by Gasteiger charge is -2.32. The molecule has 0 saturated carbocycles. The average Bonchev–Trinajstić information content (AvgIpc) is 2.53. The fraction of sp³-hybridized carbons (Fsp3) is 0.333. The summed E-state index contributed by atoms with van der Waals surface area (Å²) in [6.07, 6.45) is 1.67. The molecule has 1 aromatic heterocycles. The number of hydrogen-bond acceptors (Lipinski definition) is 4. The number of fused-ring (bicyclic) bond motifs is 1. The topological polar surface area (TPSA) is 65.9 Å². The highest BCUT2D eigenvalue weighted by Gasteiger charge is 2.23. The Morgan fingerprint density at radius 2 is 2.23 bits per heavy atom. The van der Waals surface area contributed by atoms with Crippen molar-refractivity contribution in [3.8, 4) is 6.07 Å². The summed E-state index contributed by atoms with van der Waals surface area (Å²) in [5, 5.41) is 9.37. The van der Waals surface area contributed by atoms with Crippen LogP contribution in [-0.4, -0.2) is 11.5 Å². The standard InChI is InChI=1S/C18H20N4/c1-3-14-15(10-19)18(20)21-17-7-8-22(11-16(14)17)13-6-4-5-12(2)9-13/h4-6,9H,3,7-8,11H2,1-2H3,(H2,20,21). The van der Waals surface area contributed by atoms with Gasteiger partial charge in [0.2, 0.25) is 0 Å². The van der Waals surface area contributed by atoms with Gasteiger partial charge in [-0.1, -0.05) is 19.1 Å². The number of benzene rings is 1. The molecule has 0 aliphatic carbocycles. The molecule has 112 valence electrons. The number of hydrogen-bond donors (Lipinski definition) is 1. The molecule has 0 atom stereocenters. The Morgan fingerprint density at radius 1 is 1.41 bits per heavy atom. The van der Waals surface area contributed by atoms with E-state index in [4.69, 9.17) is 5.73 Å². The zero-order valence-corrected chi connectivity index (χ0v) is 13.1. The molecule has 2 aromatic rings. The van der Waals surface area contributed by atoms with Crippen molar-refractivity contribution in [3.05, 3.63) is 52.2 Å². The van der Waals surface area contributed by atoms with E-state index in [1.54, 1.807) is 0 Å². The Labute approximate surface area is 131 Å². The second-order valence-corrected chi connectivity index (χ2v) is 5.75. The van der Waals surface area contributed by atoms with Crippen LogP contribution < -0.4 is 10.6 Å². The zero-order chi connectivity index (χ0) is 15.7. The number of nitrogen functional groups attached to an aromatic ring is 1. The molecule has 22 heavy (non-hydrogen) atoms. The molecule has 4 heteroatoms. The number of anilines is 2. The summed E-state index contributed by atoms with van der Waals surface area (Å²) < 4.78 is 0. The van der Waals surface area contributed by atoms with E-state index in [-0.39, 0.29) is 0 Å². The third kappa shape index (κ3) is 2.39. The van der Waals surface area contributed by atoms with Crippen molar-refractivity contribution in [2.24, 2.45) is 0 Å². The minimum Gasteiger partial charge on any atom is -0.383 e. The molecule has 1 aromatic carbocycles. The molecule has 0 spiro atoms. The van der Waals surface area contributed by atoms with Crippen molar-refractivity contribution < 1.29 is 0 Å². The van der Waals surface area contributed by atoms with Crippen molar-refractivity contribution in [2.45, 2.75) is 33.2 Å². The van der Waals surface area contributed by atoms with Gasteiger partial charge in [-0.3, -0.25) is 0 Å². The number of aryl methyl sites for hydroxylation is 1. The number of nitriles is 1. The third-order valence-electron chi connectivity index (χ3n) is 4.33. The molecule has 2 heterocycles. The quantitative estimate of drug-likeness (QED) is 0.924. The first kappa shape index (κ1) is 14.4. The lowest BCUT2D eigenvalue weighted by atomic mass is 9.94. The van der Waals surface area contributed by atoms with Crippen LogP contribution in [0, 0.1) is 18.3 Å². The van der Waals surface area contributed by atoms with Gasteiger partial charge in [-0.2, -0.15) is 5.26 Å². The van der Waals surface area contributed by atoms with Gasteiger partial charge in [0.25, 0.3) is 0 Å². The summed E-state index contributed by atoms with van der Waals surface area (Å²) in [6.45, 7) is 5.90. The van der Waals surface area contributed by atoms with E-state index in [0.717, 1.165) is 37.2 Å². The van der Waals surface area contributed by atoms with Crippen LogP contribution in [0.1, 0.15) is 34.9 Å². The maximum atomic E-state index is 9.37. The smallest absolute Gasteiger partial charge is 0.141 e. The molecule has 3 rings (SSSR count).